The highest BCUT2D eigenvalue weighted by Gasteiger charge is 2.36. The van der Waals surface area contributed by atoms with Gasteiger partial charge in [0.15, 0.2) is 0 Å². The van der Waals surface area contributed by atoms with E-state index in [2.05, 4.69) is 28.7 Å². The third-order valence-electron chi connectivity index (χ3n) is 5.00. The van der Waals surface area contributed by atoms with E-state index in [4.69, 9.17) is 15.6 Å². The lowest BCUT2D eigenvalue weighted by Gasteiger charge is -2.20. The molecule has 1 aliphatic heterocycles. The number of methoxy groups -OCH3 is 1. The highest BCUT2D eigenvalue weighted by atomic mass is 32.1. The Labute approximate surface area is 161 Å². The molecule has 0 amide bonds. The molecule has 4 heterocycles. The third kappa shape index (κ3) is 3.15. The molecule has 1 fully saturated rings. The number of rotatable bonds is 5. The Morgan fingerprint density at radius 1 is 1.41 bits per heavy atom. The van der Waals surface area contributed by atoms with Gasteiger partial charge in [0, 0.05) is 18.8 Å². The van der Waals surface area contributed by atoms with Crippen molar-refractivity contribution in [3.8, 4) is 17.1 Å². The standard InChI is InChI=1S/C18H24N6O2S/c1-11(2)13-5-4-12(15(21-13)26-3)14-8-20-16-24(14)22-17(27-16)23-7-6-18(25,9-19)10-23/h4-5,8,11,25H,6-7,9-10,19H2,1-3H3/t18-/m0/s1. The van der Waals surface area contributed by atoms with Crippen LogP contribution >= 0.6 is 11.3 Å². The Kier molecular flexibility index (Phi) is 4.53. The van der Waals surface area contributed by atoms with Crippen molar-refractivity contribution in [2.75, 3.05) is 31.6 Å². The van der Waals surface area contributed by atoms with Crippen molar-refractivity contribution in [1.82, 2.24) is 19.6 Å². The van der Waals surface area contributed by atoms with Crippen molar-refractivity contribution in [2.45, 2.75) is 31.8 Å². The number of imidazole rings is 1. The molecule has 0 aliphatic carbocycles. The summed E-state index contributed by atoms with van der Waals surface area (Å²) >= 11 is 1.50. The number of aliphatic hydroxyl groups is 1. The highest BCUT2D eigenvalue weighted by molar-refractivity contribution is 7.20. The summed E-state index contributed by atoms with van der Waals surface area (Å²) in [6.07, 6.45) is 2.43. The predicted molar refractivity (Wildman–Crippen MR) is 106 cm³/mol. The molecule has 27 heavy (non-hydrogen) atoms. The van der Waals surface area contributed by atoms with Crippen LogP contribution in [0.4, 0.5) is 5.13 Å². The van der Waals surface area contributed by atoms with Crippen LogP contribution in [0.25, 0.3) is 16.2 Å². The number of hydrogen-bond donors (Lipinski definition) is 2. The SMILES string of the molecule is COc1nc(C(C)C)ccc1-c1cnc2sc(N3CC[C@](O)(CN)C3)nn12. The first kappa shape index (κ1) is 18.1. The van der Waals surface area contributed by atoms with Gasteiger partial charge in [-0.25, -0.2) is 14.5 Å². The zero-order valence-corrected chi connectivity index (χ0v) is 16.5. The van der Waals surface area contributed by atoms with Gasteiger partial charge < -0.3 is 20.5 Å². The summed E-state index contributed by atoms with van der Waals surface area (Å²) in [6.45, 7) is 5.67. The molecule has 0 aromatic carbocycles. The number of aromatic nitrogens is 4. The van der Waals surface area contributed by atoms with Crippen LogP contribution in [0.2, 0.25) is 0 Å². The Morgan fingerprint density at radius 3 is 2.89 bits per heavy atom. The predicted octanol–water partition coefficient (Wildman–Crippen LogP) is 1.88. The van der Waals surface area contributed by atoms with Crippen LogP contribution < -0.4 is 15.4 Å². The smallest absolute Gasteiger partial charge is 0.222 e. The largest absolute Gasteiger partial charge is 0.480 e. The summed E-state index contributed by atoms with van der Waals surface area (Å²) in [6, 6.07) is 4.02. The fraction of sp³-hybridized carbons (Fsp3) is 0.500. The Bertz CT molecular complexity index is 968. The lowest BCUT2D eigenvalue weighted by atomic mass is 10.0. The van der Waals surface area contributed by atoms with Gasteiger partial charge in [0.25, 0.3) is 0 Å². The second kappa shape index (κ2) is 6.74. The Hall–Kier alpha value is -2.23. The van der Waals surface area contributed by atoms with Crippen LogP contribution in [-0.2, 0) is 0 Å². The zero-order chi connectivity index (χ0) is 19.2. The first-order valence-electron chi connectivity index (χ1n) is 9.01. The van der Waals surface area contributed by atoms with E-state index in [0.29, 0.717) is 24.8 Å². The van der Waals surface area contributed by atoms with Crippen LogP contribution in [0, 0.1) is 0 Å². The maximum Gasteiger partial charge on any atom is 0.222 e. The van der Waals surface area contributed by atoms with E-state index in [1.807, 2.05) is 16.6 Å². The van der Waals surface area contributed by atoms with Crippen molar-refractivity contribution in [2.24, 2.45) is 5.73 Å². The second-order valence-corrected chi connectivity index (χ2v) is 8.20. The minimum absolute atomic E-state index is 0.252. The van der Waals surface area contributed by atoms with Gasteiger partial charge in [0.05, 0.1) is 36.7 Å². The fourth-order valence-electron chi connectivity index (χ4n) is 3.31. The molecule has 0 bridgehead atoms. The molecule has 3 aromatic rings. The average molecular weight is 388 g/mol. The normalized spacial score (nSPS) is 20.1. The Morgan fingerprint density at radius 2 is 2.22 bits per heavy atom. The Balaban J connectivity index is 1.71. The lowest BCUT2D eigenvalue weighted by molar-refractivity contribution is 0.0725. The summed E-state index contributed by atoms with van der Waals surface area (Å²) in [7, 11) is 1.62. The third-order valence-corrected chi connectivity index (χ3v) is 5.98. The molecule has 0 unspecified atom stereocenters. The number of pyridine rings is 1. The van der Waals surface area contributed by atoms with Crippen molar-refractivity contribution in [1.29, 1.82) is 0 Å². The molecule has 0 radical (unpaired) electrons. The number of nitrogens with zero attached hydrogens (tertiary/aromatic N) is 5. The highest BCUT2D eigenvalue weighted by Crippen LogP contribution is 2.34. The molecule has 1 atom stereocenters. The molecule has 4 rings (SSSR count). The van der Waals surface area contributed by atoms with Gasteiger partial charge in [0.2, 0.25) is 16.0 Å². The maximum atomic E-state index is 10.4. The van der Waals surface area contributed by atoms with E-state index in [9.17, 15) is 5.11 Å². The molecule has 144 valence electrons. The van der Waals surface area contributed by atoms with Gasteiger partial charge in [-0.15, -0.1) is 5.10 Å². The maximum absolute atomic E-state index is 10.4. The van der Waals surface area contributed by atoms with Gasteiger partial charge in [-0.05, 0) is 24.5 Å². The van der Waals surface area contributed by atoms with Crippen LogP contribution in [0.1, 0.15) is 31.9 Å². The number of fused-ring (bicyclic) bond motifs is 1. The minimum Gasteiger partial charge on any atom is -0.480 e. The van der Waals surface area contributed by atoms with E-state index in [1.54, 1.807) is 13.3 Å². The zero-order valence-electron chi connectivity index (χ0n) is 15.7. The summed E-state index contributed by atoms with van der Waals surface area (Å²) in [4.78, 5) is 12.0. The molecular formula is C18H24N6O2S. The monoisotopic (exact) mass is 388 g/mol. The molecule has 8 nitrogen and oxygen atoms in total. The van der Waals surface area contributed by atoms with Crippen LogP contribution in [0.15, 0.2) is 18.3 Å². The number of anilines is 1. The van der Waals surface area contributed by atoms with Crippen LogP contribution in [0.5, 0.6) is 5.88 Å². The van der Waals surface area contributed by atoms with Gasteiger partial charge in [-0.2, -0.15) is 0 Å². The van der Waals surface area contributed by atoms with Gasteiger partial charge >= 0.3 is 0 Å². The second-order valence-electron chi connectivity index (χ2n) is 7.27. The number of hydrogen-bond acceptors (Lipinski definition) is 8. The van der Waals surface area contributed by atoms with E-state index >= 15 is 0 Å². The molecule has 9 heteroatoms. The number of nitrogens with two attached hydrogens (primary N) is 1. The van der Waals surface area contributed by atoms with E-state index in [-0.39, 0.29) is 6.54 Å². The summed E-state index contributed by atoms with van der Waals surface area (Å²) in [5.74, 6) is 0.886. The van der Waals surface area contributed by atoms with Gasteiger partial charge in [-0.3, -0.25) is 0 Å². The molecule has 1 saturated heterocycles. The van der Waals surface area contributed by atoms with Crippen molar-refractivity contribution >= 4 is 21.4 Å². The van der Waals surface area contributed by atoms with Crippen molar-refractivity contribution in [3.05, 3.63) is 24.0 Å². The lowest BCUT2D eigenvalue weighted by Crippen LogP contribution is -2.40. The quantitative estimate of drug-likeness (QED) is 0.688. The molecule has 0 spiro atoms. The van der Waals surface area contributed by atoms with Crippen molar-refractivity contribution < 1.29 is 9.84 Å². The van der Waals surface area contributed by atoms with E-state index < -0.39 is 5.60 Å². The molecule has 0 saturated carbocycles. The fourth-order valence-corrected chi connectivity index (χ4v) is 4.21. The topological polar surface area (TPSA) is 102 Å². The van der Waals surface area contributed by atoms with E-state index in [0.717, 1.165) is 33.6 Å². The van der Waals surface area contributed by atoms with Gasteiger partial charge in [0.1, 0.15) is 0 Å². The molecule has 3 aromatic heterocycles. The summed E-state index contributed by atoms with van der Waals surface area (Å²) in [5, 5.41) is 15.9. The first-order valence-corrected chi connectivity index (χ1v) is 9.83. The minimum atomic E-state index is -0.837. The average Bonchev–Trinajstić information content (AvgIpc) is 3.35. The number of β-amino-alcohol motifs (C(OH)–C–C–N with tert-alkyl or cyclic N) is 1. The first-order chi connectivity index (χ1) is 12.9. The summed E-state index contributed by atoms with van der Waals surface area (Å²) < 4.78 is 7.34. The number of ether oxygens (including phenoxy) is 1. The molecule has 3 N–H and O–H groups in total. The van der Waals surface area contributed by atoms with Crippen LogP contribution in [0.3, 0.4) is 0 Å². The van der Waals surface area contributed by atoms with Crippen molar-refractivity contribution in [3.63, 3.8) is 0 Å². The van der Waals surface area contributed by atoms with Gasteiger partial charge in [-0.1, -0.05) is 25.2 Å². The van der Waals surface area contributed by atoms with E-state index in [1.165, 1.54) is 11.3 Å². The summed E-state index contributed by atoms with van der Waals surface area (Å²) in [5.41, 5.74) is 7.53. The molecule has 1 aliphatic rings. The van der Waals surface area contributed by atoms with Crippen LogP contribution in [-0.4, -0.2) is 57.0 Å². The molecular weight excluding hydrogens is 364 g/mol.